The maximum absolute atomic E-state index is 12.1. The average molecular weight is 305 g/mol. The molecular formula is C17H27N3O2. The smallest absolute Gasteiger partial charge is 0.256 e. The van der Waals surface area contributed by atoms with E-state index >= 15 is 0 Å². The largest absolute Gasteiger partial charge is 0.361 e. The number of aryl methyl sites for hydroxylation is 2. The van der Waals surface area contributed by atoms with Crippen molar-refractivity contribution in [1.82, 2.24) is 15.4 Å². The second-order valence-corrected chi connectivity index (χ2v) is 6.99. The minimum atomic E-state index is -0.0980. The SMILES string of the molecule is Cc1noc(C)c1C(=O)NCCN1CC=C(C(C)(C)C)CC1. The second-order valence-electron chi connectivity index (χ2n) is 6.99. The van der Waals surface area contributed by atoms with Crippen LogP contribution in [0.15, 0.2) is 16.2 Å². The molecule has 0 saturated carbocycles. The van der Waals surface area contributed by atoms with Crippen LogP contribution in [-0.2, 0) is 0 Å². The summed E-state index contributed by atoms with van der Waals surface area (Å²) in [6, 6.07) is 0. The van der Waals surface area contributed by atoms with Gasteiger partial charge in [0.2, 0.25) is 0 Å². The van der Waals surface area contributed by atoms with E-state index in [4.69, 9.17) is 4.52 Å². The highest BCUT2D eigenvalue weighted by Crippen LogP contribution is 2.29. The molecular weight excluding hydrogens is 278 g/mol. The molecule has 1 aromatic heterocycles. The third-order valence-electron chi connectivity index (χ3n) is 4.23. The van der Waals surface area contributed by atoms with E-state index in [-0.39, 0.29) is 11.3 Å². The van der Waals surface area contributed by atoms with Gasteiger partial charge in [-0.2, -0.15) is 0 Å². The number of amides is 1. The highest BCUT2D eigenvalue weighted by molar-refractivity contribution is 5.96. The molecule has 0 aromatic carbocycles. The summed E-state index contributed by atoms with van der Waals surface area (Å²) in [6.07, 6.45) is 3.45. The first kappa shape index (κ1) is 16.7. The van der Waals surface area contributed by atoms with Gasteiger partial charge in [0.05, 0.1) is 5.69 Å². The average Bonchev–Trinajstić information content (AvgIpc) is 2.77. The molecule has 22 heavy (non-hydrogen) atoms. The van der Waals surface area contributed by atoms with Gasteiger partial charge in [-0.25, -0.2) is 0 Å². The molecule has 0 aliphatic carbocycles. The zero-order chi connectivity index (χ0) is 16.3. The number of carbonyl (C=O) groups is 1. The van der Waals surface area contributed by atoms with Crippen LogP contribution in [0.1, 0.15) is 49.0 Å². The molecule has 1 aliphatic rings. The summed E-state index contributed by atoms with van der Waals surface area (Å²) in [5.41, 5.74) is 3.01. The molecule has 0 atom stereocenters. The summed E-state index contributed by atoms with van der Waals surface area (Å²) >= 11 is 0. The van der Waals surface area contributed by atoms with Crippen LogP contribution in [0, 0.1) is 19.3 Å². The van der Waals surface area contributed by atoms with Crippen molar-refractivity contribution in [2.45, 2.75) is 41.0 Å². The van der Waals surface area contributed by atoms with Gasteiger partial charge in [-0.05, 0) is 25.7 Å². The van der Waals surface area contributed by atoms with Crippen LogP contribution in [0.3, 0.4) is 0 Å². The first-order chi connectivity index (χ1) is 10.3. The molecule has 0 spiro atoms. The Labute approximate surface area is 132 Å². The number of hydrogen-bond acceptors (Lipinski definition) is 4. The maximum Gasteiger partial charge on any atom is 0.256 e. The molecule has 0 radical (unpaired) electrons. The molecule has 2 heterocycles. The Morgan fingerprint density at radius 2 is 2.14 bits per heavy atom. The normalized spacial score (nSPS) is 16.5. The molecule has 5 heteroatoms. The van der Waals surface area contributed by atoms with Crippen molar-refractivity contribution in [1.29, 1.82) is 0 Å². The third kappa shape index (κ3) is 3.97. The van der Waals surface area contributed by atoms with Crippen molar-refractivity contribution in [2.75, 3.05) is 26.2 Å². The maximum atomic E-state index is 12.1. The molecule has 0 saturated heterocycles. The van der Waals surface area contributed by atoms with E-state index in [1.165, 1.54) is 5.57 Å². The van der Waals surface area contributed by atoms with Crippen molar-refractivity contribution in [3.8, 4) is 0 Å². The Kier molecular flexibility index (Phi) is 5.06. The van der Waals surface area contributed by atoms with Crippen molar-refractivity contribution in [3.05, 3.63) is 28.7 Å². The Bertz CT molecular complexity index is 547. The standard InChI is InChI=1S/C17H27N3O2/c1-12-15(13(2)22-19-12)16(21)18-8-11-20-9-6-14(7-10-20)17(3,4)5/h6H,7-11H2,1-5H3,(H,18,21). The summed E-state index contributed by atoms with van der Waals surface area (Å²) in [4.78, 5) is 14.5. The van der Waals surface area contributed by atoms with Crippen LogP contribution in [0.5, 0.6) is 0 Å². The summed E-state index contributed by atoms with van der Waals surface area (Å²) in [5, 5.41) is 6.77. The third-order valence-corrected chi connectivity index (χ3v) is 4.23. The van der Waals surface area contributed by atoms with Gasteiger partial charge in [-0.15, -0.1) is 0 Å². The van der Waals surface area contributed by atoms with Crippen LogP contribution in [-0.4, -0.2) is 42.1 Å². The lowest BCUT2D eigenvalue weighted by Gasteiger charge is -2.32. The van der Waals surface area contributed by atoms with E-state index in [2.05, 4.69) is 42.2 Å². The lowest BCUT2D eigenvalue weighted by Crippen LogP contribution is -2.38. The predicted octanol–water partition coefficient (Wildman–Crippen LogP) is 2.70. The predicted molar refractivity (Wildman–Crippen MR) is 86.9 cm³/mol. The van der Waals surface area contributed by atoms with Gasteiger partial charge >= 0.3 is 0 Å². The zero-order valence-corrected chi connectivity index (χ0v) is 14.3. The minimum absolute atomic E-state index is 0.0980. The van der Waals surface area contributed by atoms with Crippen LogP contribution in [0.4, 0.5) is 0 Å². The van der Waals surface area contributed by atoms with Gasteiger partial charge in [0.1, 0.15) is 11.3 Å². The highest BCUT2D eigenvalue weighted by atomic mass is 16.5. The molecule has 0 bridgehead atoms. The molecule has 1 aromatic rings. The Morgan fingerprint density at radius 1 is 1.41 bits per heavy atom. The summed E-state index contributed by atoms with van der Waals surface area (Å²) in [6.45, 7) is 13.9. The van der Waals surface area contributed by atoms with Crippen molar-refractivity contribution >= 4 is 5.91 Å². The van der Waals surface area contributed by atoms with Crippen molar-refractivity contribution in [2.24, 2.45) is 5.41 Å². The zero-order valence-electron chi connectivity index (χ0n) is 14.3. The number of carbonyl (C=O) groups excluding carboxylic acids is 1. The lowest BCUT2D eigenvalue weighted by molar-refractivity contribution is 0.0946. The van der Waals surface area contributed by atoms with Crippen molar-refractivity contribution < 1.29 is 9.32 Å². The van der Waals surface area contributed by atoms with Crippen LogP contribution < -0.4 is 5.32 Å². The Hall–Kier alpha value is -1.62. The number of rotatable bonds is 4. The quantitative estimate of drug-likeness (QED) is 0.869. The molecule has 2 rings (SSSR count). The van der Waals surface area contributed by atoms with Crippen LogP contribution in [0.25, 0.3) is 0 Å². The van der Waals surface area contributed by atoms with Gasteiger partial charge in [-0.3, -0.25) is 9.69 Å². The Balaban J connectivity index is 1.79. The van der Waals surface area contributed by atoms with Crippen molar-refractivity contribution in [3.63, 3.8) is 0 Å². The highest BCUT2D eigenvalue weighted by Gasteiger charge is 2.21. The summed E-state index contributed by atoms with van der Waals surface area (Å²) in [5.74, 6) is 0.477. The Morgan fingerprint density at radius 3 is 2.64 bits per heavy atom. The fourth-order valence-electron chi connectivity index (χ4n) is 2.82. The van der Waals surface area contributed by atoms with E-state index in [1.54, 1.807) is 13.8 Å². The molecule has 122 valence electrons. The summed E-state index contributed by atoms with van der Waals surface area (Å²) in [7, 11) is 0. The number of aromatic nitrogens is 1. The number of nitrogens with zero attached hydrogens (tertiary/aromatic N) is 2. The number of nitrogens with one attached hydrogen (secondary N) is 1. The fraction of sp³-hybridized carbons (Fsp3) is 0.647. The van der Waals surface area contributed by atoms with E-state index < -0.39 is 0 Å². The van der Waals surface area contributed by atoms with Gasteiger partial charge in [0, 0.05) is 26.2 Å². The topological polar surface area (TPSA) is 58.4 Å². The van der Waals surface area contributed by atoms with E-state index in [0.717, 1.165) is 26.1 Å². The van der Waals surface area contributed by atoms with E-state index in [9.17, 15) is 4.79 Å². The molecule has 5 nitrogen and oxygen atoms in total. The van der Waals surface area contributed by atoms with Gasteiger partial charge in [0.25, 0.3) is 5.91 Å². The molecule has 1 aliphatic heterocycles. The van der Waals surface area contributed by atoms with Gasteiger partial charge in [0.15, 0.2) is 0 Å². The van der Waals surface area contributed by atoms with Gasteiger partial charge < -0.3 is 9.84 Å². The van der Waals surface area contributed by atoms with Gasteiger partial charge in [-0.1, -0.05) is 37.6 Å². The van der Waals surface area contributed by atoms with Crippen LogP contribution >= 0.6 is 0 Å². The monoisotopic (exact) mass is 305 g/mol. The minimum Gasteiger partial charge on any atom is -0.361 e. The summed E-state index contributed by atoms with van der Waals surface area (Å²) < 4.78 is 5.03. The molecule has 0 fully saturated rings. The molecule has 1 amide bonds. The number of hydrogen-bond donors (Lipinski definition) is 1. The second kappa shape index (κ2) is 6.65. The molecule has 1 N–H and O–H groups in total. The van der Waals surface area contributed by atoms with E-state index in [0.29, 0.717) is 23.6 Å². The van der Waals surface area contributed by atoms with E-state index in [1.807, 2.05) is 0 Å². The fourth-order valence-corrected chi connectivity index (χ4v) is 2.82. The first-order valence-electron chi connectivity index (χ1n) is 7.92. The van der Waals surface area contributed by atoms with Crippen LogP contribution in [0.2, 0.25) is 0 Å². The first-order valence-corrected chi connectivity index (χ1v) is 7.92. The lowest BCUT2D eigenvalue weighted by atomic mass is 9.83. The molecule has 0 unspecified atom stereocenters.